The van der Waals surface area contributed by atoms with Crippen LogP contribution >= 0.6 is 0 Å². The second-order valence-electron chi connectivity index (χ2n) is 7.42. The van der Waals surface area contributed by atoms with Crippen molar-refractivity contribution in [3.63, 3.8) is 0 Å². The molecule has 0 spiro atoms. The van der Waals surface area contributed by atoms with Crippen LogP contribution in [0.3, 0.4) is 0 Å². The van der Waals surface area contributed by atoms with Gasteiger partial charge in [0.05, 0.1) is 18.0 Å². The first-order valence-electron chi connectivity index (χ1n) is 9.64. The molecule has 7 heteroatoms. The molecule has 29 heavy (non-hydrogen) atoms. The van der Waals surface area contributed by atoms with Gasteiger partial charge in [-0.25, -0.2) is 4.39 Å². The maximum Gasteiger partial charge on any atom is 0.268 e. The number of ether oxygens (including phenoxy) is 1. The van der Waals surface area contributed by atoms with E-state index >= 15 is 0 Å². The van der Waals surface area contributed by atoms with Gasteiger partial charge in [0.1, 0.15) is 17.3 Å². The Balaban J connectivity index is 1.83. The monoisotopic (exact) mass is 395 g/mol. The number of hydrogen-bond donors (Lipinski definition) is 2. The number of H-pyrrole nitrogens is 1. The van der Waals surface area contributed by atoms with E-state index in [9.17, 15) is 14.0 Å². The number of primary amides is 1. The molecule has 4 rings (SSSR count). The fourth-order valence-electron chi connectivity index (χ4n) is 4.47. The molecule has 1 aliphatic rings. The number of nitrogens with zero attached hydrogens (tertiary/aromatic N) is 1. The molecule has 2 heterocycles. The minimum atomic E-state index is -0.736. The number of carbonyl (C=O) groups is 1. The van der Waals surface area contributed by atoms with E-state index in [0.717, 1.165) is 36.9 Å². The summed E-state index contributed by atoms with van der Waals surface area (Å²) in [5, 5.41) is 0.204. The zero-order valence-corrected chi connectivity index (χ0v) is 16.1. The van der Waals surface area contributed by atoms with Crippen molar-refractivity contribution in [3.8, 4) is 5.75 Å². The van der Waals surface area contributed by atoms with Crippen LogP contribution in [0.4, 0.5) is 4.39 Å². The number of pyridine rings is 2. The maximum absolute atomic E-state index is 13.7. The molecule has 3 aromatic rings. The summed E-state index contributed by atoms with van der Waals surface area (Å²) in [6, 6.07) is 7.82. The molecule has 0 aliphatic heterocycles. The van der Waals surface area contributed by atoms with Gasteiger partial charge in [-0.2, -0.15) is 0 Å². The van der Waals surface area contributed by atoms with Crippen LogP contribution < -0.4 is 15.9 Å². The predicted molar refractivity (Wildman–Crippen MR) is 108 cm³/mol. The average Bonchev–Trinajstić information content (AvgIpc) is 2.73. The molecular weight excluding hydrogens is 373 g/mol. The minimum absolute atomic E-state index is 0.0318. The molecule has 1 amide bonds. The molecule has 1 aliphatic carbocycles. The van der Waals surface area contributed by atoms with E-state index in [1.165, 1.54) is 31.5 Å². The third kappa shape index (κ3) is 3.48. The first kappa shape index (κ1) is 19.1. The van der Waals surface area contributed by atoms with Gasteiger partial charge in [-0.15, -0.1) is 0 Å². The van der Waals surface area contributed by atoms with Gasteiger partial charge in [-0.05, 0) is 36.5 Å². The molecule has 150 valence electrons. The largest absolute Gasteiger partial charge is 0.496 e. The number of amides is 1. The van der Waals surface area contributed by atoms with Crippen LogP contribution in [0.25, 0.3) is 10.9 Å². The van der Waals surface area contributed by atoms with Gasteiger partial charge in [-0.3, -0.25) is 14.6 Å². The number of nitrogens with one attached hydrogen (secondary N) is 1. The number of aromatic nitrogens is 2. The van der Waals surface area contributed by atoms with E-state index in [-0.39, 0.29) is 34.2 Å². The molecule has 1 fully saturated rings. The summed E-state index contributed by atoms with van der Waals surface area (Å²) in [5.74, 6) is -0.426. The lowest BCUT2D eigenvalue weighted by Crippen LogP contribution is -2.22. The molecule has 1 aromatic carbocycles. The molecule has 3 N–H and O–H groups in total. The smallest absolute Gasteiger partial charge is 0.268 e. The third-order valence-corrected chi connectivity index (χ3v) is 5.76. The van der Waals surface area contributed by atoms with E-state index < -0.39 is 5.91 Å². The molecule has 2 aromatic heterocycles. The summed E-state index contributed by atoms with van der Waals surface area (Å²) in [6.07, 6.45) is 5.35. The summed E-state index contributed by atoms with van der Waals surface area (Å²) in [7, 11) is 1.53. The Morgan fingerprint density at radius 1 is 1.21 bits per heavy atom. The highest BCUT2D eigenvalue weighted by Crippen LogP contribution is 2.46. The molecule has 2 atom stereocenters. The molecule has 0 unspecified atom stereocenters. The fourth-order valence-corrected chi connectivity index (χ4v) is 4.47. The van der Waals surface area contributed by atoms with Crippen molar-refractivity contribution in [1.29, 1.82) is 0 Å². The van der Waals surface area contributed by atoms with Crippen LogP contribution in [0.1, 0.15) is 59.3 Å². The Kier molecular flexibility index (Phi) is 5.05. The van der Waals surface area contributed by atoms with Crippen molar-refractivity contribution in [1.82, 2.24) is 9.97 Å². The molecule has 1 saturated carbocycles. The molecule has 6 nitrogen and oxygen atoms in total. The van der Waals surface area contributed by atoms with E-state index in [1.807, 2.05) is 0 Å². The maximum atomic E-state index is 13.7. The van der Waals surface area contributed by atoms with Gasteiger partial charge in [0, 0.05) is 29.9 Å². The van der Waals surface area contributed by atoms with Crippen LogP contribution in [-0.4, -0.2) is 23.0 Å². The van der Waals surface area contributed by atoms with Crippen molar-refractivity contribution < 1.29 is 13.9 Å². The Labute approximate surface area is 166 Å². The topological polar surface area (TPSA) is 98.1 Å². The van der Waals surface area contributed by atoms with Crippen molar-refractivity contribution in [2.45, 2.75) is 37.5 Å². The van der Waals surface area contributed by atoms with Crippen LogP contribution in [0.5, 0.6) is 5.75 Å². The van der Waals surface area contributed by atoms with Crippen molar-refractivity contribution >= 4 is 16.8 Å². The zero-order chi connectivity index (χ0) is 20.5. The number of nitrogens with two attached hydrogens (primary N) is 1. The van der Waals surface area contributed by atoms with Gasteiger partial charge < -0.3 is 15.5 Å². The summed E-state index contributed by atoms with van der Waals surface area (Å²) in [4.78, 5) is 31.8. The lowest BCUT2D eigenvalue weighted by atomic mass is 9.73. The van der Waals surface area contributed by atoms with E-state index in [4.69, 9.17) is 10.5 Å². The predicted octanol–water partition coefficient (Wildman–Crippen LogP) is 3.61. The molecular formula is C22H22FN3O3. The van der Waals surface area contributed by atoms with Gasteiger partial charge in [0.25, 0.3) is 5.91 Å². The lowest BCUT2D eigenvalue weighted by molar-refractivity contribution is 0.0997. The standard InChI is InChI=1S/C22H22FN3O3/c1-29-19-10-12(23)6-7-15(19)13-4-2-3-5-14(13)17-11-18(27)20-16(26-17)8-9-25-21(20)22(24)28/h6-11,13-14H,2-5H2,1H3,(H2,24,28)(H,26,27)/t13-,14-/m0/s1. The highest BCUT2D eigenvalue weighted by Gasteiger charge is 2.31. The van der Waals surface area contributed by atoms with E-state index in [2.05, 4.69) is 9.97 Å². The van der Waals surface area contributed by atoms with Crippen LogP contribution in [0.15, 0.2) is 41.3 Å². The van der Waals surface area contributed by atoms with Crippen molar-refractivity contribution in [3.05, 3.63) is 69.5 Å². The highest BCUT2D eigenvalue weighted by molar-refractivity contribution is 6.03. The SMILES string of the molecule is COc1cc(F)ccc1[C@H]1CCCC[C@@H]1c1cc(=O)c2c(C(N)=O)nccc2[nH]1. The van der Waals surface area contributed by atoms with Crippen molar-refractivity contribution in [2.24, 2.45) is 5.73 Å². The summed E-state index contributed by atoms with van der Waals surface area (Å²) >= 11 is 0. The first-order valence-corrected chi connectivity index (χ1v) is 9.64. The Morgan fingerprint density at radius 3 is 2.69 bits per heavy atom. The highest BCUT2D eigenvalue weighted by atomic mass is 19.1. The number of methoxy groups -OCH3 is 1. The quantitative estimate of drug-likeness (QED) is 0.705. The Bertz CT molecular complexity index is 1140. The summed E-state index contributed by atoms with van der Waals surface area (Å²) < 4.78 is 19.1. The Hall–Kier alpha value is -3.22. The number of carbonyl (C=O) groups excluding carboxylic acids is 1. The summed E-state index contributed by atoms with van der Waals surface area (Å²) in [5.41, 5.74) is 7.32. The van der Waals surface area contributed by atoms with E-state index in [1.54, 1.807) is 12.1 Å². The number of fused-ring (bicyclic) bond motifs is 1. The van der Waals surface area contributed by atoms with Gasteiger partial charge in [0.2, 0.25) is 0 Å². The number of halogens is 1. The molecule has 0 saturated heterocycles. The third-order valence-electron chi connectivity index (χ3n) is 5.76. The van der Waals surface area contributed by atoms with Crippen LogP contribution in [0, 0.1) is 5.82 Å². The summed E-state index contributed by atoms with van der Waals surface area (Å²) in [6.45, 7) is 0. The van der Waals surface area contributed by atoms with E-state index in [0.29, 0.717) is 11.3 Å². The van der Waals surface area contributed by atoms with Crippen LogP contribution in [0.2, 0.25) is 0 Å². The van der Waals surface area contributed by atoms with Crippen LogP contribution in [-0.2, 0) is 0 Å². The second kappa shape index (κ2) is 7.66. The number of rotatable bonds is 4. The Morgan fingerprint density at radius 2 is 1.97 bits per heavy atom. The minimum Gasteiger partial charge on any atom is -0.496 e. The van der Waals surface area contributed by atoms with Gasteiger partial charge in [0.15, 0.2) is 5.43 Å². The average molecular weight is 395 g/mol. The molecule has 0 radical (unpaired) electrons. The van der Waals surface area contributed by atoms with Crippen molar-refractivity contribution in [2.75, 3.05) is 7.11 Å². The first-order chi connectivity index (χ1) is 14.0. The normalized spacial score (nSPS) is 19.2. The fraction of sp³-hybridized carbons (Fsp3) is 0.318. The number of aromatic amines is 1. The van der Waals surface area contributed by atoms with Gasteiger partial charge >= 0.3 is 0 Å². The lowest BCUT2D eigenvalue weighted by Gasteiger charge is -2.33. The second-order valence-corrected chi connectivity index (χ2v) is 7.42. The number of benzene rings is 1. The van der Waals surface area contributed by atoms with Gasteiger partial charge in [-0.1, -0.05) is 18.9 Å². The number of hydrogen-bond acceptors (Lipinski definition) is 4. The molecule has 0 bridgehead atoms. The zero-order valence-electron chi connectivity index (χ0n) is 16.1.